The van der Waals surface area contributed by atoms with E-state index >= 15 is 0 Å². The lowest BCUT2D eigenvalue weighted by Crippen LogP contribution is -2.43. The van der Waals surface area contributed by atoms with Crippen molar-refractivity contribution in [2.45, 2.75) is 46.2 Å². The van der Waals surface area contributed by atoms with Crippen LogP contribution < -0.4 is 15.4 Å². The number of aliphatic imine (C=N–C) groups is 1. The highest BCUT2D eigenvalue weighted by Gasteiger charge is 2.20. The molecule has 8 heteroatoms. The van der Waals surface area contributed by atoms with Crippen molar-refractivity contribution in [3.05, 3.63) is 45.4 Å². The average Bonchev–Trinajstić information content (AvgIpc) is 3.16. The van der Waals surface area contributed by atoms with Gasteiger partial charge in [0.2, 0.25) is 0 Å². The summed E-state index contributed by atoms with van der Waals surface area (Å²) in [6, 6.07) is 6.38. The van der Waals surface area contributed by atoms with E-state index in [1.54, 1.807) is 18.4 Å². The molecule has 0 bridgehead atoms. The number of piperidine rings is 1. The van der Waals surface area contributed by atoms with E-state index in [4.69, 9.17) is 4.74 Å². The van der Waals surface area contributed by atoms with Crippen molar-refractivity contribution in [3.63, 3.8) is 0 Å². The van der Waals surface area contributed by atoms with Crippen molar-refractivity contribution in [2.24, 2.45) is 10.9 Å². The predicted molar refractivity (Wildman–Crippen MR) is 141 cm³/mol. The van der Waals surface area contributed by atoms with Gasteiger partial charge in [0.25, 0.3) is 0 Å². The first-order valence-electron chi connectivity index (χ1n) is 10.7. The summed E-state index contributed by atoms with van der Waals surface area (Å²) in [5, 5.41) is 10.4. The van der Waals surface area contributed by atoms with Crippen molar-refractivity contribution >= 4 is 41.3 Å². The molecule has 0 spiro atoms. The molecule has 2 N–H and O–H groups in total. The Morgan fingerprint density at radius 3 is 2.68 bits per heavy atom. The van der Waals surface area contributed by atoms with Crippen LogP contribution in [-0.2, 0) is 6.54 Å². The van der Waals surface area contributed by atoms with E-state index in [1.807, 2.05) is 13.1 Å². The number of likely N-dealkylation sites (tertiary alicyclic amines) is 1. The van der Waals surface area contributed by atoms with Gasteiger partial charge in [-0.1, -0.05) is 17.7 Å². The number of aryl methyl sites for hydroxylation is 2. The normalized spacial score (nSPS) is 16.5. The third kappa shape index (κ3) is 7.61. The second-order valence-corrected chi connectivity index (χ2v) is 9.20. The molecule has 0 radical (unpaired) electrons. The number of hydrogen-bond donors (Lipinski definition) is 2. The quantitative estimate of drug-likeness (QED) is 0.298. The zero-order valence-electron chi connectivity index (χ0n) is 19.3. The lowest BCUT2D eigenvalue weighted by molar-refractivity contribution is 0.176. The Morgan fingerprint density at radius 2 is 2.06 bits per heavy atom. The maximum absolute atomic E-state index is 5.54. The molecule has 0 amide bonds. The molecular formula is C23H36IN5OS. The van der Waals surface area contributed by atoms with Crippen LogP contribution >= 0.6 is 35.3 Å². The number of benzene rings is 1. The zero-order chi connectivity index (χ0) is 21.5. The molecule has 1 aliphatic rings. The van der Waals surface area contributed by atoms with Gasteiger partial charge in [-0.05, 0) is 58.7 Å². The van der Waals surface area contributed by atoms with Gasteiger partial charge in [0.1, 0.15) is 5.75 Å². The van der Waals surface area contributed by atoms with Crippen molar-refractivity contribution in [3.8, 4) is 5.75 Å². The summed E-state index contributed by atoms with van der Waals surface area (Å²) in [5.74, 6) is 2.41. The predicted octanol–water partition coefficient (Wildman–Crippen LogP) is 4.52. The van der Waals surface area contributed by atoms with Gasteiger partial charge in [0.05, 0.1) is 23.9 Å². The van der Waals surface area contributed by atoms with Crippen LogP contribution in [0.15, 0.2) is 28.6 Å². The summed E-state index contributed by atoms with van der Waals surface area (Å²) >= 11 is 1.74. The molecular weight excluding hydrogens is 521 g/mol. The van der Waals surface area contributed by atoms with Crippen LogP contribution in [0.1, 0.15) is 47.6 Å². The van der Waals surface area contributed by atoms with Crippen LogP contribution in [0.3, 0.4) is 0 Å². The number of hydrogen-bond acceptors (Lipinski definition) is 5. The topological polar surface area (TPSA) is 61.8 Å². The Labute approximate surface area is 207 Å². The molecule has 2 aromatic rings. The van der Waals surface area contributed by atoms with Gasteiger partial charge >= 0.3 is 0 Å². The number of nitrogens with zero attached hydrogens (tertiary/aromatic N) is 3. The Hall–Kier alpha value is -1.39. The molecule has 0 saturated carbocycles. The van der Waals surface area contributed by atoms with Crippen LogP contribution in [0, 0.1) is 19.8 Å². The maximum Gasteiger partial charge on any atom is 0.191 e. The van der Waals surface area contributed by atoms with Gasteiger partial charge in [-0.25, -0.2) is 4.98 Å². The number of rotatable bonds is 7. The van der Waals surface area contributed by atoms with Crippen molar-refractivity contribution < 1.29 is 4.74 Å². The number of halogens is 1. The number of ether oxygens (including phenoxy) is 1. The molecule has 1 fully saturated rings. The third-order valence-corrected chi connectivity index (χ3v) is 6.57. The molecule has 6 nitrogen and oxygen atoms in total. The summed E-state index contributed by atoms with van der Waals surface area (Å²) in [4.78, 5) is 11.5. The largest absolute Gasteiger partial charge is 0.496 e. The van der Waals surface area contributed by atoms with Gasteiger partial charge < -0.3 is 15.4 Å². The number of nitrogens with one attached hydrogen (secondary N) is 2. The van der Waals surface area contributed by atoms with E-state index in [2.05, 4.69) is 63.8 Å². The Kier molecular flexibility index (Phi) is 10.5. The van der Waals surface area contributed by atoms with E-state index < -0.39 is 0 Å². The number of thiazole rings is 1. The van der Waals surface area contributed by atoms with Crippen LogP contribution in [0.4, 0.5) is 0 Å². The zero-order valence-corrected chi connectivity index (χ0v) is 22.4. The van der Waals surface area contributed by atoms with E-state index in [-0.39, 0.29) is 30.0 Å². The fourth-order valence-electron chi connectivity index (χ4n) is 3.97. The molecule has 1 aromatic carbocycles. The highest BCUT2D eigenvalue weighted by atomic mass is 127. The minimum atomic E-state index is 0. The second kappa shape index (κ2) is 12.6. The maximum atomic E-state index is 5.54. The summed E-state index contributed by atoms with van der Waals surface area (Å²) in [5.41, 5.74) is 3.58. The first-order valence-corrected chi connectivity index (χ1v) is 11.6. The van der Waals surface area contributed by atoms with Crippen LogP contribution in [0.2, 0.25) is 0 Å². The van der Waals surface area contributed by atoms with E-state index in [0.717, 1.165) is 48.5 Å². The fourth-order valence-corrected chi connectivity index (χ4v) is 4.57. The SMILES string of the molecule is CN=C(NCC1CCN(Cc2csc(C)n2)CC1)NC(C)c1cc(C)ccc1OC.I. The van der Waals surface area contributed by atoms with Crippen LogP contribution in [0.5, 0.6) is 5.75 Å². The Balaban J connectivity index is 0.00000341. The Morgan fingerprint density at radius 1 is 1.32 bits per heavy atom. The van der Waals surface area contributed by atoms with Gasteiger partial charge in [-0.3, -0.25) is 9.89 Å². The molecule has 1 aromatic heterocycles. The standard InChI is InChI=1S/C23H35N5OS.HI/c1-16-6-7-22(29-5)21(12-16)17(2)26-23(24-4)25-13-19-8-10-28(11-9-19)14-20-15-30-18(3)27-20;/h6-7,12,15,17,19H,8-11,13-14H2,1-5H3,(H2,24,25,26);1H. The van der Waals surface area contributed by atoms with Gasteiger partial charge in [0, 0.05) is 31.1 Å². The minimum Gasteiger partial charge on any atom is -0.496 e. The van der Waals surface area contributed by atoms with Crippen LogP contribution in [0.25, 0.3) is 0 Å². The molecule has 1 aliphatic heterocycles. The third-order valence-electron chi connectivity index (χ3n) is 5.75. The van der Waals surface area contributed by atoms with Gasteiger partial charge in [-0.2, -0.15) is 0 Å². The lowest BCUT2D eigenvalue weighted by atomic mass is 9.97. The molecule has 2 heterocycles. The van der Waals surface area contributed by atoms with Gasteiger partial charge in [0.15, 0.2) is 5.96 Å². The molecule has 172 valence electrons. The minimum absolute atomic E-state index is 0. The van der Waals surface area contributed by atoms with E-state index in [1.165, 1.54) is 24.1 Å². The number of aromatic nitrogens is 1. The molecule has 0 aliphatic carbocycles. The highest BCUT2D eigenvalue weighted by Crippen LogP contribution is 2.26. The monoisotopic (exact) mass is 557 g/mol. The average molecular weight is 558 g/mol. The lowest BCUT2D eigenvalue weighted by Gasteiger charge is -2.32. The van der Waals surface area contributed by atoms with Crippen molar-refractivity contribution in [2.75, 3.05) is 33.8 Å². The summed E-state index contributed by atoms with van der Waals surface area (Å²) in [6.45, 7) is 10.5. The van der Waals surface area contributed by atoms with E-state index in [9.17, 15) is 0 Å². The smallest absolute Gasteiger partial charge is 0.191 e. The molecule has 3 rings (SSSR count). The van der Waals surface area contributed by atoms with Gasteiger partial charge in [-0.15, -0.1) is 35.3 Å². The van der Waals surface area contributed by atoms with Crippen LogP contribution in [-0.4, -0.2) is 49.6 Å². The fraction of sp³-hybridized carbons (Fsp3) is 0.565. The molecule has 31 heavy (non-hydrogen) atoms. The van der Waals surface area contributed by atoms with Crippen molar-refractivity contribution in [1.82, 2.24) is 20.5 Å². The summed E-state index contributed by atoms with van der Waals surface area (Å²) in [6.07, 6.45) is 2.41. The first-order chi connectivity index (χ1) is 14.5. The highest BCUT2D eigenvalue weighted by molar-refractivity contribution is 14.0. The van der Waals surface area contributed by atoms with E-state index in [0.29, 0.717) is 5.92 Å². The first kappa shape index (κ1) is 25.9. The number of methoxy groups -OCH3 is 1. The number of guanidine groups is 1. The summed E-state index contributed by atoms with van der Waals surface area (Å²) < 4.78 is 5.54. The summed E-state index contributed by atoms with van der Waals surface area (Å²) in [7, 11) is 3.55. The Bertz CT molecular complexity index is 848. The molecule has 1 unspecified atom stereocenters. The molecule has 1 atom stereocenters. The second-order valence-electron chi connectivity index (χ2n) is 8.14. The molecule has 1 saturated heterocycles. The van der Waals surface area contributed by atoms with Crippen molar-refractivity contribution in [1.29, 1.82) is 0 Å².